The Balaban J connectivity index is 5.24. The predicted octanol–water partition coefficient (Wildman–Crippen LogP) is 19.3. The summed E-state index contributed by atoms with van der Waals surface area (Å²) in [5.41, 5.74) is 0. The lowest BCUT2D eigenvalue weighted by Gasteiger charge is -2.21. The highest BCUT2D eigenvalue weighted by molar-refractivity contribution is 7.47. The molecule has 0 heterocycles. The van der Waals surface area contributed by atoms with E-state index in [1.54, 1.807) is 0 Å². The van der Waals surface area contributed by atoms with Crippen LogP contribution < -0.4 is 0 Å². The molecule has 0 aliphatic carbocycles. The molecule has 2 unspecified atom stereocenters. The van der Waals surface area contributed by atoms with Crippen molar-refractivity contribution in [3.05, 3.63) is 0 Å². The molecule has 0 saturated carbocycles. The second kappa shape index (κ2) is 58.8. The molecule has 0 spiro atoms. The molecule has 0 fully saturated rings. The number of aliphatic hydroxyl groups is 1. The van der Waals surface area contributed by atoms with Gasteiger partial charge < -0.3 is 33.8 Å². The fraction of sp³-hybridized carbons (Fsp3) is 0.942. The van der Waals surface area contributed by atoms with E-state index in [9.17, 15) is 43.2 Å². The summed E-state index contributed by atoms with van der Waals surface area (Å²) in [6.07, 6.45) is 40.5. The first-order valence-corrected chi connectivity index (χ1v) is 38.7. The van der Waals surface area contributed by atoms with E-state index in [4.69, 9.17) is 37.0 Å². The third kappa shape index (κ3) is 62.8. The highest BCUT2D eigenvalue weighted by Gasteiger charge is 2.30. The van der Waals surface area contributed by atoms with Crippen molar-refractivity contribution in [1.82, 2.24) is 0 Å². The van der Waals surface area contributed by atoms with Crippen LogP contribution in [0.1, 0.15) is 338 Å². The third-order valence-electron chi connectivity index (χ3n) is 15.8. The molecule has 5 atom stereocenters. The zero-order valence-electron chi connectivity index (χ0n) is 57.3. The summed E-state index contributed by atoms with van der Waals surface area (Å²) in [6, 6.07) is 0. The number of hydrogen-bond acceptors (Lipinski definition) is 15. The van der Waals surface area contributed by atoms with Crippen LogP contribution in [0.3, 0.4) is 0 Å². The molecule has 3 N–H and O–H groups in total. The van der Waals surface area contributed by atoms with E-state index in [0.29, 0.717) is 37.5 Å². The number of carbonyl (C=O) groups is 4. The molecule has 0 aromatic rings. The quantitative estimate of drug-likeness (QED) is 0.0222. The SMILES string of the molecule is CC(C)CCCCCCCCCCCCCCC(=O)O[C@H](COC(=O)CCCCCCCCCCCCCC(C)C)COP(=O)(O)OC[C@@H](O)COP(=O)(O)OC[C@@H](COC(=O)CCCCCCCCC(C)C)OC(=O)CCCCCCCCCC(C)C. The van der Waals surface area contributed by atoms with Crippen molar-refractivity contribution in [3.8, 4) is 0 Å². The lowest BCUT2D eigenvalue weighted by atomic mass is 10.0. The maximum atomic E-state index is 13.0. The Morgan fingerprint density at radius 1 is 0.284 bits per heavy atom. The number of phosphoric ester groups is 2. The molecule has 0 saturated heterocycles. The number of ether oxygens (including phenoxy) is 4. The highest BCUT2D eigenvalue weighted by Crippen LogP contribution is 2.45. The molecule has 522 valence electrons. The third-order valence-corrected chi connectivity index (χ3v) is 17.7. The van der Waals surface area contributed by atoms with E-state index in [1.807, 2.05) is 0 Å². The first-order chi connectivity index (χ1) is 42.1. The molecule has 0 aliphatic rings. The summed E-state index contributed by atoms with van der Waals surface area (Å²) in [7, 11) is -9.90. The minimum absolute atomic E-state index is 0.102. The number of phosphoric acid groups is 2. The van der Waals surface area contributed by atoms with Crippen LogP contribution in [0.4, 0.5) is 0 Å². The Bertz CT molecular complexity index is 1750. The van der Waals surface area contributed by atoms with Gasteiger partial charge in [0.1, 0.15) is 19.3 Å². The van der Waals surface area contributed by atoms with Crippen molar-refractivity contribution in [3.63, 3.8) is 0 Å². The van der Waals surface area contributed by atoms with Gasteiger partial charge in [0.15, 0.2) is 12.2 Å². The number of aliphatic hydroxyl groups excluding tert-OH is 1. The van der Waals surface area contributed by atoms with Gasteiger partial charge in [-0.1, -0.05) is 287 Å². The number of carbonyl (C=O) groups excluding carboxylic acids is 4. The van der Waals surface area contributed by atoms with Crippen molar-refractivity contribution in [2.45, 2.75) is 356 Å². The number of rotatable bonds is 66. The molecule has 19 heteroatoms. The molecule has 0 bridgehead atoms. The van der Waals surface area contributed by atoms with E-state index >= 15 is 0 Å². The van der Waals surface area contributed by atoms with E-state index < -0.39 is 97.5 Å². The minimum atomic E-state index is -4.95. The summed E-state index contributed by atoms with van der Waals surface area (Å²) in [5.74, 6) is 0.789. The lowest BCUT2D eigenvalue weighted by molar-refractivity contribution is -0.161. The topological polar surface area (TPSA) is 237 Å². The molecular weight excluding hydrogens is 1160 g/mol. The summed E-state index contributed by atoms with van der Waals surface area (Å²) < 4.78 is 68.2. The fourth-order valence-corrected chi connectivity index (χ4v) is 11.9. The Hall–Kier alpha value is -1.94. The monoisotopic (exact) mass is 1300 g/mol. The molecule has 0 aliphatic heterocycles. The van der Waals surface area contributed by atoms with Crippen LogP contribution in [0, 0.1) is 23.7 Å². The van der Waals surface area contributed by atoms with Crippen molar-refractivity contribution in [2.24, 2.45) is 23.7 Å². The summed E-state index contributed by atoms with van der Waals surface area (Å²) in [4.78, 5) is 72.4. The molecule has 0 aromatic heterocycles. The largest absolute Gasteiger partial charge is 0.472 e. The van der Waals surface area contributed by atoms with Gasteiger partial charge in [0.05, 0.1) is 26.4 Å². The predicted molar refractivity (Wildman–Crippen MR) is 354 cm³/mol. The van der Waals surface area contributed by atoms with Crippen molar-refractivity contribution in [1.29, 1.82) is 0 Å². The molecule has 17 nitrogen and oxygen atoms in total. The van der Waals surface area contributed by atoms with E-state index in [1.165, 1.54) is 135 Å². The van der Waals surface area contributed by atoms with Crippen LogP contribution in [0.15, 0.2) is 0 Å². The Kier molecular flexibility index (Phi) is 57.6. The molecule has 0 aromatic carbocycles. The number of esters is 4. The average Bonchev–Trinajstić information content (AvgIpc) is 3.57. The van der Waals surface area contributed by atoms with Crippen LogP contribution in [-0.2, 0) is 65.4 Å². The standard InChI is InChI=1S/C69H134O17P2/c1-59(2)45-37-29-21-16-12-9-10-14-19-25-35-43-51-68(73)85-64(55-79-66(71)49-41-33-24-18-15-11-13-17-22-30-38-46-60(3)4)57-83-87(75,76)81-53-63(70)54-82-88(77,78)84-58-65(56-80-67(72)50-42-34-28-27-32-40-48-62(7)8)86-69(74)52-44-36-26-20-23-31-39-47-61(5)6/h59-65,70H,9-58H2,1-8H3,(H,75,76)(H,77,78)/t63-,64-,65-/m1/s1. The summed E-state index contributed by atoms with van der Waals surface area (Å²) >= 11 is 0. The second-order valence-corrected chi connectivity index (χ2v) is 29.7. The number of hydrogen-bond donors (Lipinski definition) is 3. The van der Waals surface area contributed by atoms with E-state index in [2.05, 4.69) is 55.4 Å². The number of unbranched alkanes of at least 4 members (excludes halogenated alkanes) is 32. The first kappa shape index (κ1) is 86.1. The van der Waals surface area contributed by atoms with Crippen molar-refractivity contribution < 1.29 is 80.2 Å². The molecule has 0 amide bonds. The Morgan fingerprint density at radius 2 is 0.477 bits per heavy atom. The van der Waals surface area contributed by atoms with Gasteiger partial charge in [0, 0.05) is 25.7 Å². The smallest absolute Gasteiger partial charge is 0.462 e. The van der Waals surface area contributed by atoms with E-state index in [0.717, 1.165) is 108 Å². The van der Waals surface area contributed by atoms with Gasteiger partial charge >= 0.3 is 39.5 Å². The van der Waals surface area contributed by atoms with Gasteiger partial charge in [-0.15, -0.1) is 0 Å². The van der Waals surface area contributed by atoms with Gasteiger partial charge in [0.2, 0.25) is 0 Å². The van der Waals surface area contributed by atoms with Gasteiger partial charge in [0.25, 0.3) is 0 Å². The first-order valence-electron chi connectivity index (χ1n) is 35.7. The van der Waals surface area contributed by atoms with Gasteiger partial charge in [-0.25, -0.2) is 9.13 Å². The molecule has 0 rings (SSSR count). The lowest BCUT2D eigenvalue weighted by Crippen LogP contribution is -2.30. The summed E-state index contributed by atoms with van der Waals surface area (Å²) in [6.45, 7) is 14.0. The molecular formula is C69H134O17P2. The van der Waals surface area contributed by atoms with Crippen molar-refractivity contribution >= 4 is 39.5 Å². The van der Waals surface area contributed by atoms with Crippen LogP contribution in [0.2, 0.25) is 0 Å². The van der Waals surface area contributed by atoms with Crippen LogP contribution >= 0.6 is 15.6 Å². The maximum Gasteiger partial charge on any atom is 0.472 e. The normalized spacial score (nSPS) is 14.3. The van der Waals surface area contributed by atoms with Crippen molar-refractivity contribution in [2.75, 3.05) is 39.6 Å². The van der Waals surface area contributed by atoms with Gasteiger partial charge in [-0.2, -0.15) is 0 Å². The Labute approximate surface area is 537 Å². The van der Waals surface area contributed by atoms with Gasteiger partial charge in [-0.3, -0.25) is 37.3 Å². The molecule has 0 radical (unpaired) electrons. The average molecular weight is 1300 g/mol. The summed E-state index contributed by atoms with van der Waals surface area (Å²) in [5, 5.41) is 10.6. The Morgan fingerprint density at radius 3 is 0.705 bits per heavy atom. The minimum Gasteiger partial charge on any atom is -0.462 e. The van der Waals surface area contributed by atoms with Crippen LogP contribution in [0.5, 0.6) is 0 Å². The van der Waals surface area contributed by atoms with Crippen LogP contribution in [-0.4, -0.2) is 96.7 Å². The highest BCUT2D eigenvalue weighted by atomic mass is 31.2. The second-order valence-electron chi connectivity index (χ2n) is 26.8. The zero-order valence-corrected chi connectivity index (χ0v) is 59.1. The zero-order chi connectivity index (χ0) is 65.4. The molecule has 88 heavy (non-hydrogen) atoms. The fourth-order valence-electron chi connectivity index (χ4n) is 10.3. The van der Waals surface area contributed by atoms with E-state index in [-0.39, 0.29) is 25.7 Å². The van der Waals surface area contributed by atoms with Crippen LogP contribution in [0.25, 0.3) is 0 Å². The maximum absolute atomic E-state index is 13.0. The van der Waals surface area contributed by atoms with Gasteiger partial charge in [-0.05, 0) is 49.4 Å².